The molecular formula is C19H16FN3O3. The maximum absolute atomic E-state index is 13.0. The van der Waals surface area contributed by atoms with Gasteiger partial charge < -0.3 is 16.2 Å². The van der Waals surface area contributed by atoms with Gasteiger partial charge in [0, 0.05) is 17.1 Å². The molecule has 7 heteroatoms. The predicted octanol–water partition coefficient (Wildman–Crippen LogP) is 2.17. The smallest absolute Gasteiger partial charge is 0.252 e. The number of fused-ring (bicyclic) bond motifs is 1. The first kappa shape index (κ1) is 17.3. The summed E-state index contributed by atoms with van der Waals surface area (Å²) in [6.07, 6.45) is 2.09. The summed E-state index contributed by atoms with van der Waals surface area (Å²) in [7, 11) is 1.39. The lowest BCUT2D eigenvalue weighted by atomic mass is 9.98. The van der Waals surface area contributed by atoms with Gasteiger partial charge in [-0.05, 0) is 41.8 Å². The zero-order valence-electron chi connectivity index (χ0n) is 14.0. The molecule has 1 heterocycles. The van der Waals surface area contributed by atoms with E-state index in [2.05, 4.69) is 4.98 Å². The van der Waals surface area contributed by atoms with Gasteiger partial charge in [0.2, 0.25) is 5.91 Å². The minimum Gasteiger partial charge on any atom is -0.494 e. The Morgan fingerprint density at radius 2 is 1.69 bits per heavy atom. The molecule has 4 N–H and O–H groups in total. The summed E-state index contributed by atoms with van der Waals surface area (Å²) in [5.74, 6) is -1.58. The fraction of sp³-hybridized carbons (Fsp3) is 0.105. The second-order valence-corrected chi connectivity index (χ2v) is 5.78. The number of aromatic nitrogens is 1. The number of rotatable bonds is 5. The van der Waals surface area contributed by atoms with Crippen LogP contribution in [0.1, 0.15) is 31.8 Å². The van der Waals surface area contributed by atoms with E-state index in [0.717, 1.165) is 11.1 Å². The third-order valence-electron chi connectivity index (χ3n) is 4.04. The van der Waals surface area contributed by atoms with E-state index in [9.17, 15) is 14.0 Å². The van der Waals surface area contributed by atoms with Gasteiger partial charge >= 0.3 is 0 Å². The Balaban J connectivity index is 2.17. The highest BCUT2D eigenvalue weighted by atomic mass is 19.1. The number of benzene rings is 2. The van der Waals surface area contributed by atoms with E-state index < -0.39 is 11.8 Å². The molecule has 132 valence electrons. The Morgan fingerprint density at radius 1 is 1.04 bits per heavy atom. The molecule has 0 bridgehead atoms. The highest BCUT2D eigenvalue weighted by Crippen LogP contribution is 2.32. The van der Waals surface area contributed by atoms with Crippen molar-refractivity contribution in [3.8, 4) is 5.75 Å². The third-order valence-corrected chi connectivity index (χ3v) is 4.04. The topological polar surface area (TPSA) is 108 Å². The summed E-state index contributed by atoms with van der Waals surface area (Å²) >= 11 is 0. The number of primary amides is 2. The number of methoxy groups -OCH3 is 1. The van der Waals surface area contributed by atoms with Crippen LogP contribution in [0.3, 0.4) is 0 Å². The molecule has 6 nitrogen and oxygen atoms in total. The Hall–Kier alpha value is -3.48. The van der Waals surface area contributed by atoms with Gasteiger partial charge in [0.15, 0.2) is 5.75 Å². The molecule has 3 aromatic rings. The number of hydrogen-bond acceptors (Lipinski definition) is 4. The van der Waals surface area contributed by atoms with Crippen molar-refractivity contribution in [1.29, 1.82) is 0 Å². The average Bonchev–Trinajstić information content (AvgIpc) is 2.61. The normalized spacial score (nSPS) is 10.7. The molecule has 0 saturated heterocycles. The second kappa shape index (κ2) is 6.79. The van der Waals surface area contributed by atoms with Crippen molar-refractivity contribution in [2.24, 2.45) is 11.5 Å². The van der Waals surface area contributed by atoms with Gasteiger partial charge in [-0.3, -0.25) is 14.6 Å². The Labute approximate surface area is 148 Å². The average molecular weight is 353 g/mol. The molecule has 0 aliphatic heterocycles. The number of carbonyl (C=O) groups excluding carboxylic acids is 2. The molecule has 0 aliphatic carbocycles. The van der Waals surface area contributed by atoms with Gasteiger partial charge in [0.25, 0.3) is 5.91 Å². The lowest BCUT2D eigenvalue weighted by Gasteiger charge is -2.13. The van der Waals surface area contributed by atoms with Crippen LogP contribution in [0, 0.1) is 5.82 Å². The summed E-state index contributed by atoms with van der Waals surface area (Å²) in [6, 6.07) is 9.16. The molecule has 2 amide bonds. The number of pyridine rings is 1. The van der Waals surface area contributed by atoms with E-state index in [4.69, 9.17) is 16.2 Å². The van der Waals surface area contributed by atoms with Crippen molar-refractivity contribution in [2.45, 2.75) is 6.42 Å². The second-order valence-electron chi connectivity index (χ2n) is 5.78. The molecule has 0 unspecified atom stereocenters. The van der Waals surface area contributed by atoms with Crippen LogP contribution in [0.4, 0.5) is 4.39 Å². The van der Waals surface area contributed by atoms with Gasteiger partial charge in [0.1, 0.15) is 11.3 Å². The van der Waals surface area contributed by atoms with E-state index in [1.807, 2.05) is 0 Å². The monoisotopic (exact) mass is 353 g/mol. The number of hydrogen-bond donors (Lipinski definition) is 2. The standard InChI is InChI=1S/C19H16FN3O3/c1-26-17-15(19(22)25)8-14(18(21)24)13-7-11(9-23-16(13)17)6-10-2-4-12(20)5-3-10/h2-5,7-9H,6H2,1H3,(H2,21,24)(H2,22,25). The largest absolute Gasteiger partial charge is 0.494 e. The van der Waals surface area contributed by atoms with E-state index in [1.54, 1.807) is 24.4 Å². The van der Waals surface area contributed by atoms with E-state index >= 15 is 0 Å². The van der Waals surface area contributed by atoms with Crippen molar-refractivity contribution in [3.63, 3.8) is 0 Å². The first-order chi connectivity index (χ1) is 12.4. The molecule has 0 fully saturated rings. The maximum atomic E-state index is 13.0. The van der Waals surface area contributed by atoms with Crippen LogP contribution in [-0.2, 0) is 6.42 Å². The minimum absolute atomic E-state index is 0.0348. The first-order valence-corrected chi connectivity index (χ1v) is 7.74. The zero-order valence-corrected chi connectivity index (χ0v) is 14.0. The van der Waals surface area contributed by atoms with Crippen molar-refractivity contribution < 1.29 is 18.7 Å². The van der Waals surface area contributed by atoms with Crippen molar-refractivity contribution >= 4 is 22.7 Å². The Morgan fingerprint density at radius 3 is 2.27 bits per heavy atom. The summed E-state index contributed by atoms with van der Waals surface area (Å²) in [5.41, 5.74) is 13.0. The van der Waals surface area contributed by atoms with Crippen molar-refractivity contribution in [1.82, 2.24) is 4.98 Å². The lowest BCUT2D eigenvalue weighted by molar-refractivity contribution is 0.0997. The molecule has 1 aromatic heterocycles. The quantitative estimate of drug-likeness (QED) is 0.733. The molecule has 0 atom stereocenters. The highest BCUT2D eigenvalue weighted by Gasteiger charge is 2.20. The van der Waals surface area contributed by atoms with Crippen LogP contribution in [0.5, 0.6) is 5.75 Å². The molecule has 0 spiro atoms. The fourth-order valence-electron chi connectivity index (χ4n) is 2.84. The van der Waals surface area contributed by atoms with Crippen LogP contribution < -0.4 is 16.2 Å². The van der Waals surface area contributed by atoms with Gasteiger partial charge in [-0.15, -0.1) is 0 Å². The van der Waals surface area contributed by atoms with Crippen LogP contribution >= 0.6 is 0 Å². The number of ether oxygens (including phenoxy) is 1. The molecule has 0 saturated carbocycles. The molecule has 0 radical (unpaired) electrons. The van der Waals surface area contributed by atoms with Gasteiger partial charge in [-0.2, -0.15) is 0 Å². The summed E-state index contributed by atoms with van der Waals surface area (Å²) in [5, 5.41) is 0.457. The summed E-state index contributed by atoms with van der Waals surface area (Å²) in [4.78, 5) is 27.9. The molecule has 26 heavy (non-hydrogen) atoms. The fourth-order valence-corrected chi connectivity index (χ4v) is 2.84. The Bertz CT molecular complexity index is 1020. The number of amides is 2. The van der Waals surface area contributed by atoms with E-state index in [1.165, 1.54) is 25.3 Å². The summed E-state index contributed by atoms with van der Waals surface area (Å²) in [6.45, 7) is 0. The highest BCUT2D eigenvalue weighted by molar-refractivity contribution is 6.12. The molecule has 0 aliphatic rings. The third kappa shape index (κ3) is 3.19. The Kier molecular flexibility index (Phi) is 4.53. The summed E-state index contributed by atoms with van der Waals surface area (Å²) < 4.78 is 18.3. The number of nitrogens with two attached hydrogens (primary N) is 2. The number of carbonyl (C=O) groups is 2. The SMILES string of the molecule is COc1c(C(N)=O)cc(C(N)=O)c2cc(Cc3ccc(F)cc3)cnc12. The molecular weight excluding hydrogens is 337 g/mol. The van der Waals surface area contributed by atoms with Gasteiger partial charge in [-0.1, -0.05) is 12.1 Å². The van der Waals surface area contributed by atoms with Gasteiger partial charge in [-0.25, -0.2) is 4.39 Å². The lowest BCUT2D eigenvalue weighted by Crippen LogP contribution is -2.17. The van der Waals surface area contributed by atoms with Crippen LogP contribution in [-0.4, -0.2) is 23.9 Å². The van der Waals surface area contributed by atoms with Crippen LogP contribution in [0.25, 0.3) is 10.9 Å². The molecule has 2 aromatic carbocycles. The predicted molar refractivity (Wildman–Crippen MR) is 94.5 cm³/mol. The van der Waals surface area contributed by atoms with E-state index in [-0.39, 0.29) is 22.7 Å². The van der Waals surface area contributed by atoms with Crippen molar-refractivity contribution in [2.75, 3.05) is 7.11 Å². The molecule has 3 rings (SSSR count). The minimum atomic E-state index is -0.747. The van der Waals surface area contributed by atoms with Gasteiger partial charge in [0.05, 0.1) is 12.7 Å². The van der Waals surface area contributed by atoms with Crippen molar-refractivity contribution in [3.05, 3.63) is 70.7 Å². The number of nitrogens with zero attached hydrogens (tertiary/aromatic N) is 1. The zero-order chi connectivity index (χ0) is 18.8. The first-order valence-electron chi connectivity index (χ1n) is 7.74. The van der Waals surface area contributed by atoms with Crippen LogP contribution in [0.15, 0.2) is 42.6 Å². The van der Waals surface area contributed by atoms with Crippen LogP contribution in [0.2, 0.25) is 0 Å². The number of halogens is 1. The van der Waals surface area contributed by atoms with E-state index in [0.29, 0.717) is 17.3 Å². The maximum Gasteiger partial charge on any atom is 0.252 e.